The molecular formula is C17H20N2O6. The number of aromatic nitrogens is 2. The van der Waals surface area contributed by atoms with E-state index in [1.54, 1.807) is 19.1 Å². The first-order chi connectivity index (χ1) is 12.0. The molecule has 25 heavy (non-hydrogen) atoms. The minimum Gasteiger partial charge on any atom is -0.455 e. The second kappa shape index (κ2) is 7.20. The first-order valence-corrected chi connectivity index (χ1v) is 7.99. The van der Waals surface area contributed by atoms with E-state index >= 15 is 0 Å². The van der Waals surface area contributed by atoms with Gasteiger partial charge in [-0.2, -0.15) is 0 Å². The predicted molar refractivity (Wildman–Crippen MR) is 85.9 cm³/mol. The largest absolute Gasteiger partial charge is 0.455 e. The van der Waals surface area contributed by atoms with Crippen molar-refractivity contribution in [3.63, 3.8) is 0 Å². The van der Waals surface area contributed by atoms with E-state index in [9.17, 15) is 9.59 Å². The molecule has 2 aromatic rings. The van der Waals surface area contributed by atoms with Crippen molar-refractivity contribution in [2.24, 2.45) is 0 Å². The van der Waals surface area contributed by atoms with Gasteiger partial charge in [0, 0.05) is 23.0 Å². The van der Waals surface area contributed by atoms with E-state index in [2.05, 4.69) is 5.16 Å². The van der Waals surface area contributed by atoms with Crippen LogP contribution in [0.3, 0.4) is 0 Å². The van der Waals surface area contributed by atoms with Crippen molar-refractivity contribution in [3.05, 3.63) is 34.8 Å². The first-order valence-electron chi connectivity index (χ1n) is 7.99. The van der Waals surface area contributed by atoms with Crippen molar-refractivity contribution in [2.45, 2.75) is 26.9 Å². The lowest BCUT2D eigenvalue weighted by atomic mass is 10.1. The zero-order valence-corrected chi connectivity index (χ0v) is 14.4. The Bertz CT molecular complexity index is 785. The summed E-state index contributed by atoms with van der Waals surface area (Å²) in [6, 6.07) is 3.53. The van der Waals surface area contributed by atoms with Crippen molar-refractivity contribution in [1.29, 1.82) is 0 Å². The van der Waals surface area contributed by atoms with Gasteiger partial charge < -0.3 is 18.7 Å². The van der Waals surface area contributed by atoms with E-state index in [-0.39, 0.29) is 19.0 Å². The molecule has 0 N–H and O–H groups in total. The Morgan fingerprint density at radius 2 is 2.08 bits per heavy atom. The zero-order valence-electron chi connectivity index (χ0n) is 14.4. The molecular weight excluding hydrogens is 328 g/mol. The second-order valence-electron chi connectivity index (χ2n) is 5.88. The number of nitrogens with zero attached hydrogens (tertiary/aromatic N) is 2. The molecule has 0 amide bonds. The zero-order chi connectivity index (χ0) is 18.0. The van der Waals surface area contributed by atoms with E-state index < -0.39 is 12.1 Å². The maximum absolute atomic E-state index is 12.4. The predicted octanol–water partition coefficient (Wildman–Crippen LogP) is 1.53. The summed E-state index contributed by atoms with van der Waals surface area (Å²) in [7, 11) is 0. The number of carbonyl (C=O) groups is 2. The van der Waals surface area contributed by atoms with Crippen molar-refractivity contribution >= 4 is 11.8 Å². The summed E-state index contributed by atoms with van der Waals surface area (Å²) in [5, 5.41) is 3.98. The Hall–Kier alpha value is -2.45. The van der Waals surface area contributed by atoms with Gasteiger partial charge in [0.25, 0.3) is 0 Å². The summed E-state index contributed by atoms with van der Waals surface area (Å²) >= 11 is 0. The number of aryl methyl sites for hydroxylation is 2. The number of esters is 1. The van der Waals surface area contributed by atoms with Crippen LogP contribution in [-0.2, 0) is 19.0 Å². The highest BCUT2D eigenvalue weighted by molar-refractivity contribution is 5.99. The van der Waals surface area contributed by atoms with Crippen molar-refractivity contribution in [3.8, 4) is 5.82 Å². The van der Waals surface area contributed by atoms with Crippen LogP contribution in [0.2, 0.25) is 0 Å². The maximum Gasteiger partial charge on any atom is 0.338 e. The smallest absolute Gasteiger partial charge is 0.338 e. The molecule has 3 rings (SSSR count). The molecule has 0 saturated carbocycles. The summed E-state index contributed by atoms with van der Waals surface area (Å²) in [4.78, 5) is 24.4. The van der Waals surface area contributed by atoms with E-state index in [1.807, 2.05) is 18.4 Å². The Kier molecular flexibility index (Phi) is 5.00. The highest BCUT2D eigenvalue weighted by atomic mass is 16.6. The van der Waals surface area contributed by atoms with Crippen LogP contribution < -0.4 is 0 Å². The fraction of sp³-hybridized carbons (Fsp3) is 0.471. The minimum atomic E-state index is -0.771. The van der Waals surface area contributed by atoms with Crippen molar-refractivity contribution in [2.75, 3.05) is 26.4 Å². The number of rotatable bonds is 5. The highest BCUT2D eigenvalue weighted by Gasteiger charge is 2.26. The molecule has 2 aromatic heterocycles. The number of ether oxygens (including phenoxy) is 3. The topological polar surface area (TPSA) is 92.8 Å². The number of hydrogen-bond donors (Lipinski definition) is 0. The Labute approximate surface area is 144 Å². The van der Waals surface area contributed by atoms with Gasteiger partial charge in [0.15, 0.2) is 18.5 Å². The summed E-state index contributed by atoms with van der Waals surface area (Å²) in [5.41, 5.74) is 2.03. The molecule has 1 fully saturated rings. The van der Waals surface area contributed by atoms with Crippen LogP contribution >= 0.6 is 0 Å². The summed E-state index contributed by atoms with van der Waals surface area (Å²) in [6.07, 6.45) is -0.771. The number of carbonyl (C=O) groups excluding carboxylic acids is 2. The standard InChI is InChI=1S/C17H20N2O6/c1-10-6-13(12(3)19(10)16-7-11(2)25-18-16)14(20)8-24-17(21)15-9-22-4-5-23-15/h6-7,15H,4-5,8-9H2,1-3H3/t15-/m1/s1. The number of hydrogen-bond acceptors (Lipinski definition) is 7. The first kappa shape index (κ1) is 17.4. The van der Waals surface area contributed by atoms with Crippen LogP contribution in [0.4, 0.5) is 0 Å². The van der Waals surface area contributed by atoms with Crippen molar-refractivity contribution < 1.29 is 28.3 Å². The van der Waals surface area contributed by atoms with E-state index in [1.165, 1.54) is 0 Å². The van der Waals surface area contributed by atoms with Gasteiger partial charge in [-0.25, -0.2) is 4.79 Å². The van der Waals surface area contributed by atoms with E-state index in [4.69, 9.17) is 18.7 Å². The molecule has 0 spiro atoms. The lowest BCUT2D eigenvalue weighted by molar-refractivity contribution is -0.169. The molecule has 1 aliphatic heterocycles. The van der Waals surface area contributed by atoms with Crippen LogP contribution in [0.1, 0.15) is 27.5 Å². The fourth-order valence-corrected chi connectivity index (χ4v) is 2.79. The quantitative estimate of drug-likeness (QED) is 0.597. The molecule has 1 aliphatic rings. The molecule has 1 atom stereocenters. The SMILES string of the molecule is Cc1cc(-n2c(C)cc(C(=O)COC(=O)[C@H]3COCCO3)c2C)no1. The molecule has 8 heteroatoms. The van der Waals surface area contributed by atoms with Crippen LogP contribution in [0.15, 0.2) is 16.7 Å². The van der Waals surface area contributed by atoms with Gasteiger partial charge >= 0.3 is 5.97 Å². The van der Waals surface area contributed by atoms with Gasteiger partial charge in [-0.15, -0.1) is 0 Å². The molecule has 8 nitrogen and oxygen atoms in total. The summed E-state index contributed by atoms with van der Waals surface area (Å²) < 4.78 is 22.4. The van der Waals surface area contributed by atoms with Gasteiger partial charge in [-0.3, -0.25) is 9.36 Å². The number of Topliss-reactive ketones (excluding diaryl/α,β-unsaturated/α-hetero) is 1. The summed E-state index contributed by atoms with van der Waals surface area (Å²) in [5.74, 6) is 0.411. The Balaban J connectivity index is 1.69. The van der Waals surface area contributed by atoms with Gasteiger partial charge in [0.2, 0.25) is 5.78 Å². The normalized spacial score (nSPS) is 17.5. The monoisotopic (exact) mass is 348 g/mol. The molecule has 1 saturated heterocycles. The van der Waals surface area contributed by atoms with Gasteiger partial charge in [0.05, 0.1) is 19.8 Å². The lowest BCUT2D eigenvalue weighted by Crippen LogP contribution is -2.37. The third kappa shape index (κ3) is 3.64. The van der Waals surface area contributed by atoms with E-state index in [0.717, 1.165) is 5.69 Å². The third-order valence-corrected chi connectivity index (χ3v) is 4.00. The highest BCUT2D eigenvalue weighted by Crippen LogP contribution is 2.21. The van der Waals surface area contributed by atoms with Gasteiger partial charge in [0.1, 0.15) is 5.76 Å². The molecule has 3 heterocycles. The van der Waals surface area contributed by atoms with E-state index in [0.29, 0.717) is 36.0 Å². The molecule has 0 bridgehead atoms. The lowest BCUT2D eigenvalue weighted by Gasteiger charge is -2.21. The minimum absolute atomic E-state index is 0.146. The van der Waals surface area contributed by atoms with Crippen LogP contribution in [-0.4, -0.2) is 54.0 Å². The Morgan fingerprint density at radius 3 is 2.72 bits per heavy atom. The van der Waals surface area contributed by atoms with Gasteiger partial charge in [-0.05, 0) is 26.8 Å². The number of ketones is 1. The summed E-state index contributed by atoms with van der Waals surface area (Å²) in [6.45, 7) is 6.07. The molecule has 0 aromatic carbocycles. The van der Waals surface area contributed by atoms with Crippen molar-refractivity contribution in [1.82, 2.24) is 9.72 Å². The average molecular weight is 348 g/mol. The molecule has 0 aliphatic carbocycles. The van der Waals surface area contributed by atoms with Gasteiger partial charge in [-0.1, -0.05) is 5.16 Å². The third-order valence-electron chi connectivity index (χ3n) is 4.00. The second-order valence-corrected chi connectivity index (χ2v) is 5.88. The van der Waals surface area contributed by atoms with Crippen LogP contribution in [0.25, 0.3) is 5.82 Å². The average Bonchev–Trinajstić information content (AvgIpc) is 3.15. The Morgan fingerprint density at radius 1 is 1.28 bits per heavy atom. The molecule has 0 unspecified atom stereocenters. The molecule has 0 radical (unpaired) electrons. The van der Waals surface area contributed by atoms with Crippen LogP contribution in [0, 0.1) is 20.8 Å². The fourth-order valence-electron chi connectivity index (χ4n) is 2.79. The molecule has 134 valence electrons. The maximum atomic E-state index is 12.4. The van der Waals surface area contributed by atoms with Crippen LogP contribution in [0.5, 0.6) is 0 Å².